The number of hydrogen-bond donors (Lipinski definition) is 0. The highest BCUT2D eigenvalue weighted by Gasteiger charge is 2.31. The van der Waals surface area contributed by atoms with Crippen LogP contribution in [0.5, 0.6) is 0 Å². The van der Waals surface area contributed by atoms with Crippen LogP contribution in [0, 0.1) is 13.8 Å². The van der Waals surface area contributed by atoms with Gasteiger partial charge in [0.15, 0.2) is 5.82 Å². The number of tetrazole rings is 1. The van der Waals surface area contributed by atoms with Crippen molar-refractivity contribution in [2.75, 3.05) is 31.1 Å². The molecule has 2 aromatic carbocycles. The van der Waals surface area contributed by atoms with Gasteiger partial charge >= 0.3 is 0 Å². The number of rotatable bonds is 6. The second-order valence-electron chi connectivity index (χ2n) is 8.40. The second kappa shape index (κ2) is 10.5. The summed E-state index contributed by atoms with van der Waals surface area (Å²) in [7, 11) is 0. The smallest absolute Gasteiger partial charge is 0.173 e. The highest BCUT2D eigenvalue weighted by atomic mass is 35.5. The van der Waals surface area contributed by atoms with Crippen molar-refractivity contribution in [2.45, 2.75) is 26.4 Å². The SMILES string of the molecule is Cc1ccc(C)c(N2CCN(C(c3ccccc3)c3nnnn3Cc3cccs3)CC2)c1.Cl. The van der Waals surface area contributed by atoms with E-state index in [1.54, 1.807) is 11.3 Å². The molecule has 1 fully saturated rings. The minimum Gasteiger partial charge on any atom is -0.369 e. The molecule has 0 spiro atoms. The Hall–Kier alpha value is -2.74. The van der Waals surface area contributed by atoms with Crippen LogP contribution < -0.4 is 4.90 Å². The molecule has 0 bridgehead atoms. The number of aryl methyl sites for hydroxylation is 2. The third kappa shape index (κ3) is 5.11. The van der Waals surface area contributed by atoms with E-state index >= 15 is 0 Å². The van der Waals surface area contributed by atoms with Crippen LogP contribution in [0.25, 0.3) is 0 Å². The maximum Gasteiger partial charge on any atom is 0.173 e. The van der Waals surface area contributed by atoms with E-state index in [1.165, 1.54) is 27.3 Å². The number of thiophene rings is 1. The summed E-state index contributed by atoms with van der Waals surface area (Å²) in [6.45, 7) is 8.95. The molecule has 2 aromatic heterocycles. The Morgan fingerprint density at radius 2 is 1.73 bits per heavy atom. The largest absolute Gasteiger partial charge is 0.369 e. The molecule has 0 amide bonds. The van der Waals surface area contributed by atoms with E-state index in [9.17, 15) is 0 Å². The maximum absolute atomic E-state index is 4.50. The zero-order valence-electron chi connectivity index (χ0n) is 19.0. The molecule has 1 atom stereocenters. The normalized spacial score (nSPS) is 15.3. The molecule has 5 rings (SSSR count). The van der Waals surface area contributed by atoms with Crippen molar-refractivity contribution < 1.29 is 0 Å². The predicted octanol–water partition coefficient (Wildman–Crippen LogP) is 4.73. The fourth-order valence-corrected chi connectivity index (χ4v) is 5.20. The number of hydrogen-bond acceptors (Lipinski definition) is 6. The van der Waals surface area contributed by atoms with E-state index in [0.29, 0.717) is 6.54 Å². The average Bonchev–Trinajstić information content (AvgIpc) is 3.50. The van der Waals surface area contributed by atoms with Crippen LogP contribution in [-0.4, -0.2) is 51.3 Å². The quantitative estimate of drug-likeness (QED) is 0.399. The lowest BCUT2D eigenvalue weighted by Crippen LogP contribution is -2.48. The molecule has 172 valence electrons. The van der Waals surface area contributed by atoms with Crippen molar-refractivity contribution in [1.29, 1.82) is 0 Å². The molecule has 1 aliphatic heterocycles. The first-order valence-corrected chi connectivity index (χ1v) is 12.0. The summed E-state index contributed by atoms with van der Waals surface area (Å²) >= 11 is 1.74. The van der Waals surface area contributed by atoms with Crippen LogP contribution in [0.2, 0.25) is 0 Å². The molecule has 4 aromatic rings. The molecule has 0 saturated carbocycles. The number of aromatic nitrogens is 4. The topological polar surface area (TPSA) is 50.1 Å². The van der Waals surface area contributed by atoms with Gasteiger partial charge in [-0.1, -0.05) is 48.5 Å². The maximum atomic E-state index is 4.50. The first kappa shape index (κ1) is 23.4. The molecule has 0 radical (unpaired) electrons. The highest BCUT2D eigenvalue weighted by molar-refractivity contribution is 7.09. The third-order valence-electron chi connectivity index (χ3n) is 6.19. The molecule has 3 heterocycles. The molecular weight excluding hydrogens is 452 g/mol. The summed E-state index contributed by atoms with van der Waals surface area (Å²) < 4.78 is 1.96. The lowest BCUT2D eigenvalue weighted by Gasteiger charge is -2.40. The predicted molar refractivity (Wildman–Crippen MR) is 136 cm³/mol. The number of anilines is 1. The van der Waals surface area contributed by atoms with Gasteiger partial charge in [0.1, 0.15) is 0 Å². The van der Waals surface area contributed by atoms with Crippen LogP contribution in [0.3, 0.4) is 0 Å². The van der Waals surface area contributed by atoms with Crippen LogP contribution in [0.15, 0.2) is 66.0 Å². The van der Waals surface area contributed by atoms with E-state index < -0.39 is 0 Å². The second-order valence-corrected chi connectivity index (χ2v) is 9.43. The van der Waals surface area contributed by atoms with Gasteiger partial charge in [-0.05, 0) is 58.5 Å². The first-order chi connectivity index (χ1) is 15.7. The van der Waals surface area contributed by atoms with Crippen molar-refractivity contribution in [2.24, 2.45) is 0 Å². The average molecular weight is 481 g/mol. The van der Waals surface area contributed by atoms with Gasteiger partial charge in [-0.2, -0.15) is 0 Å². The molecule has 1 saturated heterocycles. The first-order valence-electron chi connectivity index (χ1n) is 11.1. The Bertz CT molecular complexity index is 1150. The monoisotopic (exact) mass is 480 g/mol. The summed E-state index contributed by atoms with van der Waals surface area (Å²) in [6.07, 6.45) is 0. The van der Waals surface area contributed by atoms with Gasteiger partial charge in [0.2, 0.25) is 0 Å². The molecule has 1 aliphatic rings. The van der Waals surface area contributed by atoms with Crippen LogP contribution >= 0.6 is 23.7 Å². The van der Waals surface area contributed by atoms with Gasteiger partial charge in [-0.15, -0.1) is 28.8 Å². The van der Waals surface area contributed by atoms with Gasteiger partial charge in [0.25, 0.3) is 0 Å². The Labute approximate surface area is 205 Å². The van der Waals surface area contributed by atoms with Gasteiger partial charge in [0.05, 0.1) is 12.6 Å². The van der Waals surface area contributed by atoms with Crippen LogP contribution in [0.1, 0.15) is 33.4 Å². The van der Waals surface area contributed by atoms with Crippen molar-refractivity contribution in [3.63, 3.8) is 0 Å². The Morgan fingerprint density at radius 1 is 0.939 bits per heavy atom. The van der Waals surface area contributed by atoms with E-state index in [4.69, 9.17) is 0 Å². The molecule has 8 heteroatoms. The number of piperazine rings is 1. The fraction of sp³-hybridized carbons (Fsp3) is 0.320. The van der Waals surface area contributed by atoms with Crippen molar-refractivity contribution >= 4 is 29.4 Å². The summed E-state index contributed by atoms with van der Waals surface area (Å²) in [5, 5.41) is 15.0. The molecule has 0 aliphatic carbocycles. The lowest BCUT2D eigenvalue weighted by atomic mass is 10.0. The van der Waals surface area contributed by atoms with E-state index in [-0.39, 0.29) is 18.4 Å². The zero-order chi connectivity index (χ0) is 21.9. The highest BCUT2D eigenvalue weighted by Crippen LogP contribution is 2.30. The summed E-state index contributed by atoms with van der Waals surface area (Å²) in [4.78, 5) is 6.29. The van der Waals surface area contributed by atoms with Gasteiger partial charge in [-0.3, -0.25) is 4.90 Å². The lowest BCUT2D eigenvalue weighted by molar-refractivity contribution is 0.201. The summed E-state index contributed by atoms with van der Waals surface area (Å²) in [5.41, 5.74) is 5.23. The Morgan fingerprint density at radius 3 is 2.45 bits per heavy atom. The molecule has 6 nitrogen and oxygen atoms in total. The zero-order valence-corrected chi connectivity index (χ0v) is 20.6. The third-order valence-corrected chi connectivity index (χ3v) is 7.05. The number of nitrogens with zero attached hydrogens (tertiary/aromatic N) is 6. The number of benzene rings is 2. The van der Waals surface area contributed by atoms with Crippen molar-refractivity contribution in [3.05, 3.63) is 93.4 Å². The molecule has 33 heavy (non-hydrogen) atoms. The molecular formula is C25H29ClN6S. The van der Waals surface area contributed by atoms with Gasteiger partial charge < -0.3 is 4.90 Å². The Kier molecular flexibility index (Phi) is 7.42. The standard InChI is InChI=1S/C25H28N6S.ClH/c1-19-10-11-20(2)23(17-19)29-12-14-30(15-13-29)24(21-7-4-3-5-8-21)25-26-27-28-31(25)18-22-9-6-16-32-22;/h3-11,16-17,24H,12-15,18H2,1-2H3;1H. The Balaban J connectivity index is 0.00000259. The summed E-state index contributed by atoms with van der Waals surface area (Å²) in [5.74, 6) is 0.907. The molecule has 1 unspecified atom stereocenters. The van der Waals surface area contributed by atoms with Gasteiger partial charge in [-0.25, -0.2) is 4.68 Å². The molecule has 0 N–H and O–H groups in total. The number of halogens is 1. The van der Waals surface area contributed by atoms with E-state index in [2.05, 4.69) is 105 Å². The minimum atomic E-state index is 0. The van der Waals surface area contributed by atoms with Crippen LogP contribution in [-0.2, 0) is 6.54 Å². The van der Waals surface area contributed by atoms with E-state index in [1.807, 2.05) is 4.68 Å². The minimum absolute atomic E-state index is 0. The summed E-state index contributed by atoms with van der Waals surface area (Å²) in [6, 6.07) is 21.6. The van der Waals surface area contributed by atoms with Crippen LogP contribution in [0.4, 0.5) is 5.69 Å². The fourth-order valence-electron chi connectivity index (χ4n) is 4.51. The van der Waals surface area contributed by atoms with Crippen molar-refractivity contribution in [1.82, 2.24) is 25.1 Å². The van der Waals surface area contributed by atoms with Gasteiger partial charge in [0, 0.05) is 36.7 Å². The van der Waals surface area contributed by atoms with E-state index in [0.717, 1.165) is 32.0 Å². The van der Waals surface area contributed by atoms with Crippen molar-refractivity contribution in [3.8, 4) is 0 Å².